The molecule has 19 heavy (non-hydrogen) atoms. The molecule has 0 unspecified atom stereocenters. The molecule has 0 fully saturated rings. The van der Waals surface area contributed by atoms with E-state index >= 15 is 0 Å². The van der Waals surface area contributed by atoms with Crippen molar-refractivity contribution < 1.29 is 14.1 Å². The fraction of sp³-hybridized carbons (Fsp3) is 0. The van der Waals surface area contributed by atoms with Crippen LogP contribution in [0, 0.1) is 27.3 Å². The van der Waals surface area contributed by atoms with Crippen LogP contribution < -0.4 is 4.74 Å². The van der Waals surface area contributed by atoms with Gasteiger partial charge in [0.05, 0.1) is 4.92 Å². The predicted octanol–water partition coefficient (Wildman–Crippen LogP) is 2.19. The van der Waals surface area contributed by atoms with Gasteiger partial charge in [0.25, 0.3) is 5.88 Å². The number of ether oxygens (including phenoxy) is 1. The van der Waals surface area contributed by atoms with Crippen molar-refractivity contribution in [2.75, 3.05) is 0 Å². The Morgan fingerprint density at radius 2 is 2.11 bits per heavy atom. The van der Waals surface area contributed by atoms with Crippen LogP contribution in [-0.2, 0) is 0 Å². The molecule has 0 spiro atoms. The summed E-state index contributed by atoms with van der Waals surface area (Å²) in [6, 6.07) is 4.46. The average molecular weight is 260 g/mol. The summed E-state index contributed by atoms with van der Waals surface area (Å²) in [5.41, 5.74) is -0.586. The maximum Gasteiger partial charge on any atom is 0.311 e. The first kappa shape index (κ1) is 12.4. The van der Waals surface area contributed by atoms with Gasteiger partial charge in [-0.2, -0.15) is 5.26 Å². The zero-order valence-corrected chi connectivity index (χ0v) is 9.28. The third kappa shape index (κ3) is 2.61. The first-order chi connectivity index (χ1) is 9.11. The zero-order chi connectivity index (χ0) is 13.8. The van der Waals surface area contributed by atoms with Gasteiger partial charge in [-0.15, -0.1) is 0 Å². The van der Waals surface area contributed by atoms with Gasteiger partial charge in [0.15, 0.2) is 0 Å². The molecule has 0 aliphatic rings. The molecule has 2 aromatic rings. The van der Waals surface area contributed by atoms with Crippen molar-refractivity contribution >= 4 is 5.69 Å². The summed E-state index contributed by atoms with van der Waals surface area (Å²) < 4.78 is 18.2. The second-order valence-corrected chi connectivity index (χ2v) is 3.29. The second kappa shape index (κ2) is 5.05. The summed E-state index contributed by atoms with van der Waals surface area (Å²) in [5, 5.41) is 19.6. The van der Waals surface area contributed by atoms with Gasteiger partial charge >= 0.3 is 5.69 Å². The van der Waals surface area contributed by atoms with Crippen molar-refractivity contribution in [2.45, 2.75) is 0 Å². The molecule has 0 bridgehead atoms. The van der Waals surface area contributed by atoms with Crippen LogP contribution in [0.3, 0.4) is 0 Å². The van der Waals surface area contributed by atoms with Crippen LogP contribution in [0.25, 0.3) is 0 Å². The molecule has 1 aromatic heterocycles. The smallest absolute Gasteiger partial charge is 0.311 e. The largest absolute Gasteiger partial charge is 0.429 e. The van der Waals surface area contributed by atoms with Crippen LogP contribution in [0.5, 0.6) is 11.6 Å². The number of nitro benzene ring substituents is 1. The number of nitriles is 1. The highest BCUT2D eigenvalue weighted by molar-refractivity contribution is 5.48. The Hall–Kier alpha value is -3.08. The van der Waals surface area contributed by atoms with Crippen molar-refractivity contribution in [3.63, 3.8) is 0 Å². The third-order valence-electron chi connectivity index (χ3n) is 2.10. The van der Waals surface area contributed by atoms with Crippen LogP contribution in [-0.4, -0.2) is 14.9 Å². The molecule has 1 aromatic carbocycles. The normalized spacial score (nSPS) is 9.68. The Morgan fingerprint density at radius 3 is 2.79 bits per heavy atom. The maximum atomic E-state index is 13.1. The number of benzene rings is 1. The molecule has 2 rings (SSSR count). The molecule has 0 aliphatic heterocycles. The number of hydrogen-bond donors (Lipinski definition) is 0. The highest BCUT2D eigenvalue weighted by Crippen LogP contribution is 2.31. The number of rotatable bonds is 3. The molecular weight excluding hydrogens is 255 g/mol. The Morgan fingerprint density at radius 1 is 1.37 bits per heavy atom. The van der Waals surface area contributed by atoms with Gasteiger partial charge in [0, 0.05) is 24.5 Å². The SMILES string of the molecule is N#Cc1nccnc1Oc1cc(F)ccc1[N+](=O)[O-]. The lowest BCUT2D eigenvalue weighted by molar-refractivity contribution is -0.385. The molecule has 0 saturated carbocycles. The van der Waals surface area contributed by atoms with E-state index in [1.54, 1.807) is 6.07 Å². The van der Waals surface area contributed by atoms with E-state index in [0.29, 0.717) is 0 Å². The summed E-state index contributed by atoms with van der Waals surface area (Å²) in [4.78, 5) is 17.5. The van der Waals surface area contributed by atoms with Crippen molar-refractivity contribution in [3.05, 3.63) is 52.2 Å². The molecular formula is C11H5FN4O3. The Labute approximate surface area is 106 Å². The number of hydrogen-bond acceptors (Lipinski definition) is 6. The van der Waals surface area contributed by atoms with E-state index in [-0.39, 0.29) is 17.3 Å². The molecule has 0 saturated heterocycles. The van der Waals surface area contributed by atoms with E-state index in [4.69, 9.17) is 10.00 Å². The minimum Gasteiger partial charge on any atom is -0.429 e. The summed E-state index contributed by atoms with van der Waals surface area (Å²) in [7, 11) is 0. The zero-order valence-electron chi connectivity index (χ0n) is 9.28. The van der Waals surface area contributed by atoms with E-state index in [0.717, 1.165) is 18.2 Å². The lowest BCUT2D eigenvalue weighted by Gasteiger charge is -2.05. The van der Waals surface area contributed by atoms with Gasteiger partial charge in [-0.3, -0.25) is 10.1 Å². The molecule has 94 valence electrons. The molecule has 0 amide bonds. The molecule has 0 aliphatic carbocycles. The molecule has 0 radical (unpaired) electrons. The summed E-state index contributed by atoms with van der Waals surface area (Å²) in [5.74, 6) is -1.27. The average Bonchev–Trinajstić information content (AvgIpc) is 2.39. The van der Waals surface area contributed by atoms with Crippen molar-refractivity contribution in [1.82, 2.24) is 9.97 Å². The first-order valence-corrected chi connectivity index (χ1v) is 4.94. The summed E-state index contributed by atoms with van der Waals surface area (Å²) in [6.07, 6.45) is 2.52. The number of nitro groups is 1. The third-order valence-corrected chi connectivity index (χ3v) is 2.10. The number of aromatic nitrogens is 2. The van der Waals surface area contributed by atoms with Gasteiger partial charge in [0.1, 0.15) is 11.9 Å². The van der Waals surface area contributed by atoms with Crippen molar-refractivity contribution in [3.8, 4) is 17.7 Å². The molecule has 8 heteroatoms. The van der Waals surface area contributed by atoms with E-state index in [9.17, 15) is 14.5 Å². The van der Waals surface area contributed by atoms with E-state index < -0.39 is 16.4 Å². The molecule has 7 nitrogen and oxygen atoms in total. The van der Waals surface area contributed by atoms with Crippen LogP contribution in [0.2, 0.25) is 0 Å². The predicted molar refractivity (Wildman–Crippen MR) is 59.9 cm³/mol. The van der Waals surface area contributed by atoms with Gasteiger partial charge in [-0.25, -0.2) is 14.4 Å². The van der Waals surface area contributed by atoms with Crippen LogP contribution in [0.4, 0.5) is 10.1 Å². The van der Waals surface area contributed by atoms with Crippen molar-refractivity contribution in [1.29, 1.82) is 5.26 Å². The second-order valence-electron chi connectivity index (χ2n) is 3.29. The van der Waals surface area contributed by atoms with Crippen molar-refractivity contribution in [2.24, 2.45) is 0 Å². The Bertz CT molecular complexity index is 684. The number of nitrogens with zero attached hydrogens (tertiary/aromatic N) is 4. The van der Waals surface area contributed by atoms with Crippen LogP contribution in [0.1, 0.15) is 5.69 Å². The maximum absolute atomic E-state index is 13.1. The summed E-state index contributed by atoms with van der Waals surface area (Å²) >= 11 is 0. The van der Waals surface area contributed by atoms with Gasteiger partial charge < -0.3 is 4.74 Å². The Kier molecular flexibility index (Phi) is 3.29. The van der Waals surface area contributed by atoms with E-state index in [2.05, 4.69) is 9.97 Å². The fourth-order valence-electron chi connectivity index (χ4n) is 1.30. The topological polar surface area (TPSA) is 102 Å². The van der Waals surface area contributed by atoms with Gasteiger partial charge in [0.2, 0.25) is 11.4 Å². The van der Waals surface area contributed by atoms with E-state index in [1.165, 1.54) is 12.4 Å². The lowest BCUT2D eigenvalue weighted by atomic mass is 10.3. The van der Waals surface area contributed by atoms with Crippen LogP contribution >= 0.6 is 0 Å². The first-order valence-electron chi connectivity index (χ1n) is 4.94. The van der Waals surface area contributed by atoms with Crippen LogP contribution in [0.15, 0.2) is 30.6 Å². The Balaban J connectivity index is 2.46. The molecule has 1 heterocycles. The lowest BCUT2D eigenvalue weighted by Crippen LogP contribution is -1.98. The number of halogens is 1. The van der Waals surface area contributed by atoms with Gasteiger partial charge in [-0.05, 0) is 6.07 Å². The minimum atomic E-state index is -0.725. The summed E-state index contributed by atoms with van der Waals surface area (Å²) in [6.45, 7) is 0. The minimum absolute atomic E-state index is 0.152. The molecule has 0 N–H and O–H groups in total. The highest BCUT2D eigenvalue weighted by atomic mass is 19.1. The monoisotopic (exact) mass is 260 g/mol. The fourth-order valence-corrected chi connectivity index (χ4v) is 1.30. The standard InChI is InChI=1S/C11H5FN4O3/c12-7-1-2-9(16(17)18)10(5-7)19-11-8(6-13)14-3-4-15-11/h1-5H. The quantitative estimate of drug-likeness (QED) is 0.619. The highest BCUT2D eigenvalue weighted by Gasteiger charge is 2.18. The van der Waals surface area contributed by atoms with Gasteiger partial charge in [-0.1, -0.05) is 0 Å². The van der Waals surface area contributed by atoms with E-state index in [1.807, 2.05) is 0 Å². The molecule has 0 atom stereocenters.